The fourth-order valence-corrected chi connectivity index (χ4v) is 4.03. The van der Waals surface area contributed by atoms with Crippen LogP contribution < -0.4 is 16.2 Å². The van der Waals surface area contributed by atoms with Gasteiger partial charge < -0.3 is 5.32 Å². The highest BCUT2D eigenvalue weighted by molar-refractivity contribution is 5.83. The zero-order valence-corrected chi connectivity index (χ0v) is 16.7. The summed E-state index contributed by atoms with van der Waals surface area (Å²) in [5.74, 6) is 0.0841. The monoisotopic (exact) mass is 386 g/mol. The molecule has 5 nitrogen and oxygen atoms in total. The van der Waals surface area contributed by atoms with Gasteiger partial charge in [-0.3, -0.25) is 9.78 Å². The fraction of sp³-hybridized carbons (Fsp3) is 0.250. The standard InChI is InChI=1S/C24H26N4O/c1-16-8-6-7-11-20(16)23(19-12-14-25-15-13-19)26-24(29)22-17(2)21(27-28-22)18-9-4-3-5-10-18/h3-15,17,21-23,27-28H,1-2H3,(H,26,29). The number of pyridine rings is 1. The summed E-state index contributed by atoms with van der Waals surface area (Å²) in [5, 5.41) is 3.27. The second-order valence-corrected chi connectivity index (χ2v) is 7.59. The van der Waals surface area contributed by atoms with Crippen molar-refractivity contribution in [3.8, 4) is 0 Å². The van der Waals surface area contributed by atoms with Gasteiger partial charge in [-0.05, 0) is 41.3 Å². The van der Waals surface area contributed by atoms with E-state index in [0.29, 0.717) is 0 Å². The van der Waals surface area contributed by atoms with Crippen molar-refractivity contribution in [2.75, 3.05) is 0 Å². The van der Waals surface area contributed by atoms with Crippen LogP contribution in [0.15, 0.2) is 79.1 Å². The van der Waals surface area contributed by atoms with Crippen molar-refractivity contribution in [1.29, 1.82) is 0 Å². The van der Waals surface area contributed by atoms with Crippen LogP contribution >= 0.6 is 0 Å². The molecule has 3 aromatic rings. The Morgan fingerprint density at radius 3 is 2.38 bits per heavy atom. The van der Waals surface area contributed by atoms with E-state index in [1.165, 1.54) is 5.56 Å². The van der Waals surface area contributed by atoms with E-state index < -0.39 is 0 Å². The van der Waals surface area contributed by atoms with Crippen molar-refractivity contribution in [3.63, 3.8) is 0 Å². The molecule has 0 saturated carbocycles. The van der Waals surface area contributed by atoms with Crippen LogP contribution in [-0.4, -0.2) is 16.9 Å². The molecule has 29 heavy (non-hydrogen) atoms. The maximum atomic E-state index is 13.3. The molecule has 1 saturated heterocycles. The number of hydrogen-bond donors (Lipinski definition) is 3. The van der Waals surface area contributed by atoms with E-state index in [2.05, 4.69) is 59.3 Å². The third kappa shape index (κ3) is 4.06. The lowest BCUT2D eigenvalue weighted by Crippen LogP contribution is -2.46. The summed E-state index contributed by atoms with van der Waals surface area (Å²) in [6.07, 6.45) is 3.52. The lowest BCUT2D eigenvalue weighted by Gasteiger charge is -2.25. The average molecular weight is 386 g/mol. The van der Waals surface area contributed by atoms with Crippen LogP contribution in [0.1, 0.15) is 41.3 Å². The number of benzene rings is 2. The van der Waals surface area contributed by atoms with Gasteiger partial charge in [0.2, 0.25) is 5.91 Å². The predicted octanol–water partition coefficient (Wildman–Crippen LogP) is 3.45. The highest BCUT2D eigenvalue weighted by Crippen LogP contribution is 2.30. The first-order valence-electron chi connectivity index (χ1n) is 9.97. The molecular weight excluding hydrogens is 360 g/mol. The van der Waals surface area contributed by atoms with Crippen LogP contribution in [-0.2, 0) is 4.79 Å². The normalized spacial score (nSPS) is 22.2. The number of amides is 1. The van der Waals surface area contributed by atoms with Crippen LogP contribution in [0.5, 0.6) is 0 Å². The molecule has 5 heteroatoms. The highest BCUT2D eigenvalue weighted by Gasteiger charge is 2.38. The molecular formula is C24H26N4O. The van der Waals surface area contributed by atoms with E-state index >= 15 is 0 Å². The van der Waals surface area contributed by atoms with Gasteiger partial charge in [-0.1, -0.05) is 61.5 Å². The molecule has 3 N–H and O–H groups in total. The average Bonchev–Trinajstić information content (AvgIpc) is 3.15. The summed E-state index contributed by atoms with van der Waals surface area (Å²) in [4.78, 5) is 17.4. The van der Waals surface area contributed by atoms with Gasteiger partial charge in [-0.25, -0.2) is 10.9 Å². The van der Waals surface area contributed by atoms with Crippen LogP contribution in [0.4, 0.5) is 0 Å². The first-order chi connectivity index (χ1) is 14.1. The van der Waals surface area contributed by atoms with Crippen LogP contribution in [0.3, 0.4) is 0 Å². The van der Waals surface area contributed by atoms with Gasteiger partial charge in [0.25, 0.3) is 0 Å². The Morgan fingerprint density at radius 1 is 0.966 bits per heavy atom. The highest BCUT2D eigenvalue weighted by atomic mass is 16.2. The number of aromatic nitrogens is 1. The summed E-state index contributed by atoms with van der Waals surface area (Å²) < 4.78 is 0. The van der Waals surface area contributed by atoms with Gasteiger partial charge in [0.15, 0.2) is 0 Å². The van der Waals surface area contributed by atoms with Gasteiger partial charge in [0, 0.05) is 18.3 Å². The summed E-state index contributed by atoms with van der Waals surface area (Å²) in [7, 11) is 0. The molecule has 4 atom stereocenters. The minimum atomic E-state index is -0.325. The Labute approximate surface area is 171 Å². The third-order valence-electron chi connectivity index (χ3n) is 5.71. The Bertz CT molecular complexity index is 961. The number of carbonyl (C=O) groups excluding carboxylic acids is 1. The van der Waals surface area contributed by atoms with Crippen molar-refractivity contribution in [1.82, 2.24) is 21.2 Å². The van der Waals surface area contributed by atoms with Gasteiger partial charge in [-0.15, -0.1) is 0 Å². The van der Waals surface area contributed by atoms with Crippen molar-refractivity contribution in [3.05, 3.63) is 101 Å². The topological polar surface area (TPSA) is 66.1 Å². The Balaban J connectivity index is 1.57. The largest absolute Gasteiger partial charge is 0.344 e. The van der Waals surface area contributed by atoms with E-state index in [0.717, 1.165) is 16.7 Å². The van der Waals surface area contributed by atoms with Crippen LogP contribution in [0, 0.1) is 12.8 Å². The number of hydrogen-bond acceptors (Lipinski definition) is 4. The van der Waals surface area contributed by atoms with Gasteiger partial charge in [-0.2, -0.15) is 0 Å². The zero-order chi connectivity index (χ0) is 20.2. The number of carbonyl (C=O) groups is 1. The molecule has 2 aromatic carbocycles. The number of aryl methyl sites for hydroxylation is 1. The molecule has 148 valence electrons. The molecule has 0 radical (unpaired) electrons. The van der Waals surface area contributed by atoms with E-state index in [-0.39, 0.29) is 30.0 Å². The predicted molar refractivity (Wildman–Crippen MR) is 114 cm³/mol. The molecule has 4 rings (SSSR count). The second kappa shape index (κ2) is 8.55. The van der Waals surface area contributed by atoms with E-state index in [1.807, 2.05) is 42.5 Å². The Kier molecular flexibility index (Phi) is 5.69. The molecule has 1 aromatic heterocycles. The molecule has 0 spiro atoms. The fourth-order valence-electron chi connectivity index (χ4n) is 4.03. The lowest BCUT2D eigenvalue weighted by molar-refractivity contribution is -0.124. The van der Waals surface area contributed by atoms with Crippen molar-refractivity contribution >= 4 is 5.91 Å². The molecule has 1 aliphatic rings. The zero-order valence-electron chi connectivity index (χ0n) is 16.7. The summed E-state index contributed by atoms with van der Waals surface area (Å²) in [6.45, 7) is 4.17. The Morgan fingerprint density at radius 2 is 1.66 bits per heavy atom. The maximum absolute atomic E-state index is 13.3. The molecule has 1 aliphatic heterocycles. The quantitative estimate of drug-likeness (QED) is 0.628. The number of nitrogens with one attached hydrogen (secondary N) is 3. The molecule has 4 unspecified atom stereocenters. The minimum Gasteiger partial charge on any atom is -0.344 e. The van der Waals surface area contributed by atoms with E-state index in [9.17, 15) is 4.79 Å². The first kappa shape index (κ1) is 19.3. The lowest BCUT2D eigenvalue weighted by atomic mass is 9.90. The first-order valence-corrected chi connectivity index (χ1v) is 9.97. The molecule has 0 bridgehead atoms. The maximum Gasteiger partial charge on any atom is 0.239 e. The molecule has 1 fully saturated rings. The second-order valence-electron chi connectivity index (χ2n) is 7.59. The van der Waals surface area contributed by atoms with Gasteiger partial charge in [0.1, 0.15) is 6.04 Å². The summed E-state index contributed by atoms with van der Waals surface area (Å²) in [6, 6.07) is 21.8. The van der Waals surface area contributed by atoms with Crippen molar-refractivity contribution in [2.24, 2.45) is 5.92 Å². The number of nitrogens with zero attached hydrogens (tertiary/aromatic N) is 1. The van der Waals surface area contributed by atoms with Gasteiger partial charge in [0.05, 0.1) is 12.1 Å². The minimum absolute atomic E-state index is 0.0199. The Hall–Kier alpha value is -3.02. The molecule has 0 aliphatic carbocycles. The van der Waals surface area contributed by atoms with Crippen molar-refractivity contribution in [2.45, 2.75) is 32.0 Å². The SMILES string of the molecule is Cc1ccccc1C(NC(=O)C1NNC(c2ccccc2)C1C)c1ccncc1. The smallest absolute Gasteiger partial charge is 0.239 e. The molecule has 2 heterocycles. The summed E-state index contributed by atoms with van der Waals surface area (Å²) in [5.41, 5.74) is 10.9. The number of rotatable bonds is 5. The van der Waals surface area contributed by atoms with E-state index in [1.54, 1.807) is 12.4 Å². The third-order valence-corrected chi connectivity index (χ3v) is 5.71. The number of hydrazine groups is 1. The van der Waals surface area contributed by atoms with Crippen LogP contribution in [0.25, 0.3) is 0 Å². The molecule has 1 amide bonds. The van der Waals surface area contributed by atoms with Crippen molar-refractivity contribution < 1.29 is 4.79 Å². The van der Waals surface area contributed by atoms with E-state index in [4.69, 9.17) is 0 Å². The summed E-state index contributed by atoms with van der Waals surface area (Å²) >= 11 is 0. The van der Waals surface area contributed by atoms with Gasteiger partial charge >= 0.3 is 0 Å². The van der Waals surface area contributed by atoms with Crippen LogP contribution in [0.2, 0.25) is 0 Å².